The topological polar surface area (TPSA) is 35.5 Å². The van der Waals surface area contributed by atoms with Crippen molar-refractivity contribution in [2.75, 3.05) is 6.61 Å². The number of benzene rings is 1. The average molecular weight is 244 g/mol. The van der Waals surface area contributed by atoms with Gasteiger partial charge < -0.3 is 9.47 Å². The smallest absolute Gasteiger partial charge is 0.347 e. The second kappa shape index (κ2) is 6.18. The second-order valence-electron chi connectivity index (χ2n) is 3.37. The molecule has 0 N–H and O–H groups in total. The number of halogens is 2. The number of hydrogen-bond donors (Lipinski definition) is 0. The molecule has 0 radical (unpaired) electrons. The van der Waals surface area contributed by atoms with Crippen molar-refractivity contribution in [3.8, 4) is 5.75 Å². The van der Waals surface area contributed by atoms with Gasteiger partial charge in [0.1, 0.15) is 17.4 Å². The number of rotatable bonds is 5. The molecular formula is C12H14F2O3. The maximum absolute atomic E-state index is 12.9. The minimum absolute atomic E-state index is 0.0256. The van der Waals surface area contributed by atoms with Crippen LogP contribution in [0.15, 0.2) is 18.2 Å². The molecule has 0 saturated heterocycles. The molecular weight excluding hydrogens is 230 g/mol. The maximum atomic E-state index is 12.9. The lowest BCUT2D eigenvalue weighted by molar-refractivity contribution is -0.151. The lowest BCUT2D eigenvalue weighted by atomic mass is 10.2. The molecule has 3 nitrogen and oxygen atoms in total. The van der Waals surface area contributed by atoms with Crippen LogP contribution >= 0.6 is 0 Å². The molecule has 1 atom stereocenters. The second-order valence-corrected chi connectivity index (χ2v) is 3.37. The van der Waals surface area contributed by atoms with Gasteiger partial charge >= 0.3 is 5.97 Å². The Morgan fingerprint density at radius 3 is 2.29 bits per heavy atom. The summed E-state index contributed by atoms with van der Waals surface area (Å²) in [6.07, 6.45) is -0.493. The zero-order chi connectivity index (χ0) is 12.8. The van der Waals surface area contributed by atoms with Crippen molar-refractivity contribution in [1.29, 1.82) is 0 Å². The van der Waals surface area contributed by atoms with E-state index in [-0.39, 0.29) is 12.4 Å². The van der Waals surface area contributed by atoms with Crippen LogP contribution in [0.4, 0.5) is 8.78 Å². The number of esters is 1. The zero-order valence-electron chi connectivity index (χ0n) is 9.70. The molecule has 5 heteroatoms. The van der Waals surface area contributed by atoms with Gasteiger partial charge in [0.15, 0.2) is 6.10 Å². The van der Waals surface area contributed by atoms with Gasteiger partial charge in [-0.1, -0.05) is 6.92 Å². The Hall–Kier alpha value is -1.65. The molecule has 0 spiro atoms. The van der Waals surface area contributed by atoms with E-state index in [9.17, 15) is 13.6 Å². The van der Waals surface area contributed by atoms with Gasteiger partial charge in [0.05, 0.1) is 6.61 Å². The molecule has 0 aliphatic heterocycles. The Morgan fingerprint density at radius 1 is 1.24 bits per heavy atom. The molecule has 0 heterocycles. The van der Waals surface area contributed by atoms with Gasteiger partial charge in [0.2, 0.25) is 0 Å². The van der Waals surface area contributed by atoms with E-state index in [2.05, 4.69) is 0 Å². The van der Waals surface area contributed by atoms with E-state index in [1.54, 1.807) is 13.8 Å². The van der Waals surface area contributed by atoms with Crippen LogP contribution in [0.3, 0.4) is 0 Å². The maximum Gasteiger partial charge on any atom is 0.347 e. The van der Waals surface area contributed by atoms with Crippen molar-refractivity contribution in [2.24, 2.45) is 0 Å². The summed E-state index contributed by atoms with van der Waals surface area (Å²) in [6.45, 7) is 3.62. The Balaban J connectivity index is 2.76. The Bertz CT molecular complexity index is 373. The third kappa shape index (κ3) is 4.01. The first kappa shape index (κ1) is 13.4. The minimum Gasteiger partial charge on any atom is -0.479 e. The minimum atomic E-state index is -0.851. The van der Waals surface area contributed by atoms with Crippen molar-refractivity contribution < 1.29 is 23.0 Å². The predicted molar refractivity (Wildman–Crippen MR) is 57.7 cm³/mol. The monoisotopic (exact) mass is 244 g/mol. The van der Waals surface area contributed by atoms with Gasteiger partial charge in [0, 0.05) is 18.2 Å². The zero-order valence-corrected chi connectivity index (χ0v) is 9.70. The van der Waals surface area contributed by atoms with E-state index in [4.69, 9.17) is 9.47 Å². The van der Waals surface area contributed by atoms with Gasteiger partial charge in [-0.2, -0.15) is 0 Å². The fourth-order valence-electron chi connectivity index (χ4n) is 1.29. The first-order valence-electron chi connectivity index (χ1n) is 5.36. The van der Waals surface area contributed by atoms with Crippen molar-refractivity contribution >= 4 is 5.97 Å². The van der Waals surface area contributed by atoms with Gasteiger partial charge in [-0.25, -0.2) is 13.6 Å². The summed E-state index contributed by atoms with van der Waals surface area (Å²) in [4.78, 5) is 11.4. The van der Waals surface area contributed by atoms with E-state index in [0.29, 0.717) is 6.42 Å². The molecule has 94 valence electrons. The van der Waals surface area contributed by atoms with Crippen LogP contribution in [0.1, 0.15) is 20.3 Å². The van der Waals surface area contributed by atoms with Crippen LogP contribution in [-0.2, 0) is 9.53 Å². The molecule has 0 aliphatic rings. The molecule has 0 saturated carbocycles. The lowest BCUT2D eigenvalue weighted by Gasteiger charge is -2.15. The highest BCUT2D eigenvalue weighted by molar-refractivity contribution is 5.75. The number of carbonyl (C=O) groups excluding carboxylic acids is 1. The molecule has 1 unspecified atom stereocenters. The molecule has 1 aromatic rings. The van der Waals surface area contributed by atoms with Crippen molar-refractivity contribution in [3.05, 3.63) is 29.8 Å². The largest absolute Gasteiger partial charge is 0.479 e. The number of hydrogen-bond acceptors (Lipinski definition) is 3. The summed E-state index contributed by atoms with van der Waals surface area (Å²) in [5.74, 6) is -2.07. The summed E-state index contributed by atoms with van der Waals surface area (Å²) >= 11 is 0. The number of carbonyl (C=O) groups is 1. The first-order valence-corrected chi connectivity index (χ1v) is 5.36. The lowest BCUT2D eigenvalue weighted by Crippen LogP contribution is -2.28. The fourth-order valence-corrected chi connectivity index (χ4v) is 1.29. The molecule has 1 aromatic carbocycles. The van der Waals surface area contributed by atoms with Crippen LogP contribution in [0, 0.1) is 11.6 Å². The molecule has 1 rings (SSSR count). The molecule has 0 bridgehead atoms. The third-order valence-corrected chi connectivity index (χ3v) is 2.03. The highest BCUT2D eigenvalue weighted by Gasteiger charge is 2.20. The van der Waals surface area contributed by atoms with Crippen LogP contribution in [0.25, 0.3) is 0 Å². The fraction of sp³-hybridized carbons (Fsp3) is 0.417. The summed E-state index contributed by atoms with van der Waals surface area (Å²) in [6, 6.07) is 2.77. The van der Waals surface area contributed by atoms with Crippen molar-refractivity contribution in [1.82, 2.24) is 0 Å². The van der Waals surface area contributed by atoms with Crippen LogP contribution in [0.5, 0.6) is 5.75 Å². The third-order valence-electron chi connectivity index (χ3n) is 2.03. The summed E-state index contributed by atoms with van der Waals surface area (Å²) in [5.41, 5.74) is 0. The van der Waals surface area contributed by atoms with Crippen molar-refractivity contribution in [3.63, 3.8) is 0 Å². The SMILES string of the molecule is CCOC(=O)C(CC)Oc1cc(F)cc(F)c1. The van der Waals surface area contributed by atoms with Gasteiger partial charge in [-0.05, 0) is 13.3 Å². The van der Waals surface area contributed by atoms with Crippen LogP contribution in [-0.4, -0.2) is 18.7 Å². The predicted octanol–water partition coefficient (Wildman–Crippen LogP) is 2.69. The van der Waals surface area contributed by atoms with E-state index < -0.39 is 23.7 Å². The normalized spacial score (nSPS) is 12.0. The van der Waals surface area contributed by atoms with E-state index in [1.165, 1.54) is 0 Å². The highest BCUT2D eigenvalue weighted by atomic mass is 19.1. The number of ether oxygens (including phenoxy) is 2. The molecule has 0 amide bonds. The quantitative estimate of drug-likeness (QED) is 0.747. The Kier molecular flexibility index (Phi) is 4.87. The molecule has 0 aliphatic carbocycles. The standard InChI is InChI=1S/C12H14F2O3/c1-3-11(12(15)16-4-2)17-10-6-8(13)5-9(14)7-10/h5-7,11H,3-4H2,1-2H3. The highest BCUT2D eigenvalue weighted by Crippen LogP contribution is 2.18. The van der Waals surface area contributed by atoms with Crippen molar-refractivity contribution in [2.45, 2.75) is 26.4 Å². The van der Waals surface area contributed by atoms with E-state index in [0.717, 1.165) is 18.2 Å². The van der Waals surface area contributed by atoms with E-state index >= 15 is 0 Å². The first-order chi connectivity index (χ1) is 8.06. The molecule has 17 heavy (non-hydrogen) atoms. The summed E-state index contributed by atoms with van der Waals surface area (Å²) in [7, 11) is 0. The van der Waals surface area contributed by atoms with Gasteiger partial charge in [-0.15, -0.1) is 0 Å². The van der Waals surface area contributed by atoms with E-state index in [1.807, 2.05) is 0 Å². The average Bonchev–Trinajstić information content (AvgIpc) is 2.24. The molecule has 0 fully saturated rings. The van der Waals surface area contributed by atoms with Crippen LogP contribution in [0.2, 0.25) is 0 Å². The summed E-state index contributed by atoms with van der Waals surface area (Å²) < 4.78 is 35.8. The molecule has 0 aromatic heterocycles. The van der Waals surface area contributed by atoms with Crippen LogP contribution < -0.4 is 4.74 Å². The Morgan fingerprint density at radius 2 is 1.82 bits per heavy atom. The van der Waals surface area contributed by atoms with Gasteiger partial charge in [0.25, 0.3) is 0 Å². The van der Waals surface area contributed by atoms with Gasteiger partial charge in [-0.3, -0.25) is 0 Å². The Labute approximate surface area is 98.3 Å². The summed E-state index contributed by atoms with van der Waals surface area (Å²) in [5, 5.41) is 0.